The van der Waals surface area contributed by atoms with Gasteiger partial charge in [0.25, 0.3) is 0 Å². The van der Waals surface area contributed by atoms with E-state index < -0.39 is 0 Å². The number of anilines is 4. The molecule has 0 bridgehead atoms. The molecule has 0 spiro atoms. The number of aromatic nitrogens is 2. The third kappa shape index (κ3) is 3.82. The van der Waals surface area contributed by atoms with E-state index in [0.717, 1.165) is 48.7 Å². The average molecular weight is 418 g/mol. The highest BCUT2D eigenvalue weighted by Gasteiger charge is 2.31. The molecule has 2 atom stereocenters. The maximum absolute atomic E-state index is 5.99. The highest BCUT2D eigenvalue weighted by atomic mass is 15.3. The summed E-state index contributed by atoms with van der Waals surface area (Å²) < 4.78 is 4.81. The van der Waals surface area contributed by atoms with Crippen molar-refractivity contribution in [2.24, 2.45) is 0 Å². The SMILES string of the molecule is Cc1cc(N2CCC(n3cc[n+](C4CCN(c5ccc(N)c(C)c5)C4)c3)C2)ccc1N. The second-order valence-corrected chi connectivity index (χ2v) is 9.17. The molecule has 31 heavy (non-hydrogen) atoms. The number of hydrogen-bond donors (Lipinski definition) is 2. The van der Waals surface area contributed by atoms with Crippen LogP contribution in [0.2, 0.25) is 0 Å². The van der Waals surface area contributed by atoms with Gasteiger partial charge in [0.15, 0.2) is 0 Å². The van der Waals surface area contributed by atoms with Crippen LogP contribution in [0.5, 0.6) is 0 Å². The quantitative estimate of drug-likeness (QED) is 0.504. The minimum absolute atomic E-state index is 0.511. The third-order valence-electron chi connectivity index (χ3n) is 7.08. The molecule has 5 rings (SSSR count). The van der Waals surface area contributed by atoms with Crippen LogP contribution in [0.15, 0.2) is 55.1 Å². The summed E-state index contributed by atoms with van der Waals surface area (Å²) in [5.41, 5.74) is 18.6. The number of rotatable bonds is 4. The number of imidazole rings is 1. The number of nitrogens with two attached hydrogens (primary N) is 2. The Morgan fingerprint density at radius 3 is 2.10 bits per heavy atom. The van der Waals surface area contributed by atoms with Gasteiger partial charge in [-0.05, 0) is 61.4 Å². The summed E-state index contributed by atoms with van der Waals surface area (Å²) in [6.07, 6.45) is 9.14. The van der Waals surface area contributed by atoms with Gasteiger partial charge in [-0.2, -0.15) is 0 Å². The average Bonchev–Trinajstić information content (AvgIpc) is 3.51. The molecule has 6 nitrogen and oxygen atoms in total. The lowest BCUT2D eigenvalue weighted by Crippen LogP contribution is -2.39. The normalized spacial score (nSPS) is 21.2. The summed E-state index contributed by atoms with van der Waals surface area (Å²) >= 11 is 0. The van der Waals surface area contributed by atoms with Crippen molar-refractivity contribution in [2.75, 3.05) is 47.4 Å². The van der Waals surface area contributed by atoms with E-state index >= 15 is 0 Å². The van der Waals surface area contributed by atoms with Gasteiger partial charge >= 0.3 is 0 Å². The van der Waals surface area contributed by atoms with Crippen LogP contribution in [0.3, 0.4) is 0 Å². The molecule has 1 aromatic heterocycles. The Kier molecular flexibility index (Phi) is 5.00. The fraction of sp³-hybridized carbons (Fsp3) is 0.400. The lowest BCUT2D eigenvalue weighted by atomic mass is 10.2. The summed E-state index contributed by atoms with van der Waals surface area (Å²) in [6, 6.07) is 13.8. The second-order valence-electron chi connectivity index (χ2n) is 9.17. The molecule has 0 radical (unpaired) electrons. The van der Waals surface area contributed by atoms with E-state index in [1.165, 1.54) is 24.2 Å². The Morgan fingerprint density at radius 1 is 0.839 bits per heavy atom. The van der Waals surface area contributed by atoms with Crippen molar-refractivity contribution >= 4 is 22.7 Å². The fourth-order valence-electron chi connectivity index (χ4n) is 4.97. The highest BCUT2D eigenvalue weighted by molar-refractivity contribution is 5.59. The van der Waals surface area contributed by atoms with Crippen LogP contribution in [0.4, 0.5) is 22.7 Å². The first-order valence-electron chi connectivity index (χ1n) is 11.3. The molecule has 4 N–H and O–H groups in total. The van der Waals surface area contributed by atoms with Crippen LogP contribution in [-0.4, -0.2) is 30.7 Å². The van der Waals surface area contributed by atoms with Crippen molar-refractivity contribution < 1.29 is 4.57 Å². The molecular formula is C25H33N6+. The largest absolute Gasteiger partial charge is 0.399 e. The predicted molar refractivity (Wildman–Crippen MR) is 128 cm³/mol. The first-order valence-corrected chi connectivity index (χ1v) is 11.3. The van der Waals surface area contributed by atoms with Crippen LogP contribution < -0.4 is 25.8 Å². The molecule has 2 unspecified atom stereocenters. The Balaban J connectivity index is 1.24. The summed E-state index contributed by atoms with van der Waals surface area (Å²) in [4.78, 5) is 4.95. The Labute approximate surface area is 184 Å². The van der Waals surface area contributed by atoms with Crippen LogP contribution in [-0.2, 0) is 0 Å². The van der Waals surface area contributed by atoms with E-state index in [-0.39, 0.29) is 0 Å². The van der Waals surface area contributed by atoms with Crippen molar-refractivity contribution in [3.05, 3.63) is 66.2 Å². The molecule has 6 heteroatoms. The number of benzene rings is 2. The highest BCUT2D eigenvalue weighted by Crippen LogP contribution is 2.30. The van der Waals surface area contributed by atoms with Crippen LogP contribution in [0, 0.1) is 13.8 Å². The van der Waals surface area contributed by atoms with E-state index in [0.29, 0.717) is 12.1 Å². The molecule has 0 aliphatic carbocycles. The van der Waals surface area contributed by atoms with Crippen molar-refractivity contribution in [1.29, 1.82) is 0 Å². The molecule has 3 aromatic rings. The monoisotopic (exact) mass is 417 g/mol. The zero-order chi connectivity index (χ0) is 21.5. The number of nitrogen functional groups attached to an aromatic ring is 2. The zero-order valence-electron chi connectivity index (χ0n) is 18.5. The van der Waals surface area contributed by atoms with Gasteiger partial charge in [0, 0.05) is 48.7 Å². The van der Waals surface area contributed by atoms with E-state index in [9.17, 15) is 0 Å². The Bertz CT molecular complexity index is 1000. The van der Waals surface area contributed by atoms with Crippen molar-refractivity contribution in [1.82, 2.24) is 4.57 Å². The van der Waals surface area contributed by atoms with Gasteiger partial charge in [-0.15, -0.1) is 0 Å². The summed E-state index contributed by atoms with van der Waals surface area (Å²) in [5.74, 6) is 0. The van der Waals surface area contributed by atoms with E-state index in [4.69, 9.17) is 11.5 Å². The van der Waals surface area contributed by atoms with Crippen LogP contribution in [0.1, 0.15) is 36.1 Å². The standard InChI is InChI=1S/C25H33N6/c1-18-13-20(3-5-24(18)26)28-9-7-22(15-28)30-11-12-31(17-30)23-8-10-29(16-23)21-4-6-25(27)19(2)14-21/h3-6,11-14,17,22-23H,7-10,15-16,26-27H2,1-2H3/q+1. The minimum Gasteiger partial charge on any atom is -0.399 e. The number of aryl methyl sites for hydroxylation is 2. The molecule has 3 heterocycles. The smallest absolute Gasteiger partial charge is 0.244 e. The molecule has 0 saturated carbocycles. The minimum atomic E-state index is 0.511. The number of hydrogen-bond acceptors (Lipinski definition) is 4. The van der Waals surface area contributed by atoms with E-state index in [1.54, 1.807) is 0 Å². The number of nitrogens with zero attached hydrogens (tertiary/aromatic N) is 4. The second kappa shape index (κ2) is 7.84. The Hall–Kier alpha value is -3.15. The molecule has 2 aliphatic heterocycles. The van der Waals surface area contributed by atoms with Crippen molar-refractivity contribution in [3.63, 3.8) is 0 Å². The molecule has 2 fully saturated rings. The van der Waals surface area contributed by atoms with E-state index in [1.807, 2.05) is 12.1 Å². The predicted octanol–water partition coefficient (Wildman–Crippen LogP) is 3.46. The van der Waals surface area contributed by atoms with Gasteiger partial charge < -0.3 is 21.3 Å². The van der Waals surface area contributed by atoms with Crippen molar-refractivity contribution in [2.45, 2.75) is 38.8 Å². The molecule has 162 valence electrons. The lowest BCUT2D eigenvalue weighted by molar-refractivity contribution is -0.718. The topological polar surface area (TPSA) is 67.3 Å². The van der Waals surface area contributed by atoms with Gasteiger partial charge in [0.2, 0.25) is 6.33 Å². The van der Waals surface area contributed by atoms with Gasteiger partial charge in [-0.1, -0.05) is 0 Å². The van der Waals surface area contributed by atoms with Crippen LogP contribution in [0.25, 0.3) is 0 Å². The van der Waals surface area contributed by atoms with Gasteiger partial charge in [0.1, 0.15) is 24.5 Å². The summed E-state index contributed by atoms with van der Waals surface area (Å²) in [6.45, 7) is 8.41. The molecule has 2 aromatic carbocycles. The fourth-order valence-corrected chi connectivity index (χ4v) is 4.97. The van der Waals surface area contributed by atoms with E-state index in [2.05, 4.69) is 75.8 Å². The summed E-state index contributed by atoms with van der Waals surface area (Å²) in [7, 11) is 0. The Morgan fingerprint density at radius 2 is 1.45 bits per heavy atom. The molecule has 0 amide bonds. The molecular weight excluding hydrogens is 384 g/mol. The molecule has 2 aliphatic rings. The lowest BCUT2D eigenvalue weighted by Gasteiger charge is -2.19. The first kappa shape index (κ1) is 19.8. The van der Waals surface area contributed by atoms with Crippen LogP contribution >= 0.6 is 0 Å². The summed E-state index contributed by atoms with van der Waals surface area (Å²) in [5, 5.41) is 0. The van der Waals surface area contributed by atoms with Crippen molar-refractivity contribution in [3.8, 4) is 0 Å². The zero-order valence-corrected chi connectivity index (χ0v) is 18.5. The van der Waals surface area contributed by atoms with Gasteiger partial charge in [-0.25, -0.2) is 9.13 Å². The first-order chi connectivity index (χ1) is 15.0. The van der Waals surface area contributed by atoms with Gasteiger partial charge in [-0.3, -0.25) is 0 Å². The van der Waals surface area contributed by atoms with Gasteiger partial charge in [0.05, 0.1) is 13.1 Å². The molecule has 2 saturated heterocycles. The maximum atomic E-state index is 5.99. The third-order valence-corrected chi connectivity index (χ3v) is 7.08. The maximum Gasteiger partial charge on any atom is 0.244 e.